The molecule has 2 atom stereocenters. The lowest BCUT2D eigenvalue weighted by molar-refractivity contribution is -0.00252. The van der Waals surface area contributed by atoms with Crippen molar-refractivity contribution < 1.29 is 23.8 Å². The van der Waals surface area contributed by atoms with E-state index in [4.69, 9.17) is 13.9 Å². The molecule has 2 aromatic carbocycles. The third kappa shape index (κ3) is 4.32. The number of ether oxygens (including phenoxy) is 2. The second kappa shape index (κ2) is 9.02. The van der Waals surface area contributed by atoms with Crippen LogP contribution in [-0.2, 0) is 11.3 Å². The minimum absolute atomic E-state index is 0.0000108. The summed E-state index contributed by atoms with van der Waals surface area (Å²) in [5.41, 5.74) is 2.17. The lowest BCUT2D eigenvalue weighted by Crippen LogP contribution is -2.37. The number of benzene rings is 2. The SMILES string of the molecule is COc1ccc(CNC(=O)c2ccccc2C2CNC(c3ccco3)CO2)cc1O. The molecule has 7 heteroatoms. The van der Waals surface area contributed by atoms with Gasteiger partial charge in [0.2, 0.25) is 0 Å². The Bertz CT molecular complexity index is 995. The van der Waals surface area contributed by atoms with Crippen LogP contribution in [-0.4, -0.2) is 31.3 Å². The molecule has 7 nitrogen and oxygen atoms in total. The van der Waals surface area contributed by atoms with E-state index in [1.54, 1.807) is 30.5 Å². The first-order chi connectivity index (χ1) is 14.7. The Hall–Kier alpha value is -3.29. The van der Waals surface area contributed by atoms with Gasteiger partial charge in [0.25, 0.3) is 5.91 Å². The minimum Gasteiger partial charge on any atom is -0.504 e. The molecule has 1 fully saturated rings. The van der Waals surface area contributed by atoms with Gasteiger partial charge in [0.1, 0.15) is 5.76 Å². The van der Waals surface area contributed by atoms with Gasteiger partial charge in [0, 0.05) is 18.7 Å². The predicted molar refractivity (Wildman–Crippen MR) is 110 cm³/mol. The molecule has 0 bridgehead atoms. The largest absolute Gasteiger partial charge is 0.504 e. The lowest BCUT2D eigenvalue weighted by atomic mass is 9.99. The third-order valence-electron chi connectivity index (χ3n) is 5.15. The lowest BCUT2D eigenvalue weighted by Gasteiger charge is -2.30. The van der Waals surface area contributed by atoms with Crippen LogP contribution in [0.5, 0.6) is 11.5 Å². The number of hydrogen-bond donors (Lipinski definition) is 3. The zero-order chi connectivity index (χ0) is 20.9. The second-order valence-electron chi connectivity index (χ2n) is 7.07. The summed E-state index contributed by atoms with van der Waals surface area (Å²) in [6.45, 7) is 1.32. The first-order valence-electron chi connectivity index (χ1n) is 9.77. The number of rotatable bonds is 6. The van der Waals surface area contributed by atoms with E-state index in [1.165, 1.54) is 7.11 Å². The van der Waals surface area contributed by atoms with Crippen molar-refractivity contribution in [3.63, 3.8) is 0 Å². The number of amides is 1. The van der Waals surface area contributed by atoms with Gasteiger partial charge in [-0.2, -0.15) is 0 Å². The molecule has 2 heterocycles. The van der Waals surface area contributed by atoms with Crippen molar-refractivity contribution in [1.82, 2.24) is 10.6 Å². The summed E-state index contributed by atoms with van der Waals surface area (Å²) in [6.07, 6.45) is 1.41. The smallest absolute Gasteiger partial charge is 0.251 e. The van der Waals surface area contributed by atoms with Gasteiger partial charge in [-0.15, -0.1) is 0 Å². The maximum absolute atomic E-state index is 12.9. The number of morpholine rings is 1. The Morgan fingerprint density at radius 3 is 2.80 bits per heavy atom. The summed E-state index contributed by atoms with van der Waals surface area (Å²) in [5.74, 6) is 1.07. The minimum atomic E-state index is -0.233. The Morgan fingerprint density at radius 2 is 2.10 bits per heavy atom. The molecule has 1 aliphatic rings. The predicted octanol–water partition coefficient (Wildman–Crippen LogP) is 3.33. The van der Waals surface area contributed by atoms with Crippen LogP contribution in [0.4, 0.5) is 0 Å². The number of phenols is 1. The fraction of sp³-hybridized carbons (Fsp3) is 0.261. The van der Waals surface area contributed by atoms with E-state index in [0.29, 0.717) is 24.5 Å². The molecule has 3 aromatic rings. The molecule has 156 valence electrons. The molecule has 3 N–H and O–H groups in total. The monoisotopic (exact) mass is 408 g/mol. The molecule has 30 heavy (non-hydrogen) atoms. The third-order valence-corrected chi connectivity index (χ3v) is 5.15. The van der Waals surface area contributed by atoms with E-state index in [2.05, 4.69) is 10.6 Å². The molecule has 0 saturated carbocycles. The fourth-order valence-electron chi connectivity index (χ4n) is 3.56. The summed E-state index contributed by atoms with van der Waals surface area (Å²) in [5, 5.41) is 16.2. The number of hydrogen-bond acceptors (Lipinski definition) is 6. The van der Waals surface area contributed by atoms with Crippen LogP contribution in [0.15, 0.2) is 65.3 Å². The summed E-state index contributed by atoms with van der Waals surface area (Å²) in [7, 11) is 1.49. The van der Waals surface area contributed by atoms with Gasteiger partial charge in [-0.25, -0.2) is 0 Å². The van der Waals surface area contributed by atoms with Crippen molar-refractivity contribution in [2.75, 3.05) is 20.3 Å². The molecule has 4 rings (SSSR count). The highest BCUT2D eigenvalue weighted by Crippen LogP contribution is 2.29. The quantitative estimate of drug-likeness (QED) is 0.579. The van der Waals surface area contributed by atoms with Gasteiger partial charge in [-0.3, -0.25) is 4.79 Å². The number of furan rings is 1. The topological polar surface area (TPSA) is 93.0 Å². The Balaban J connectivity index is 1.41. The normalized spacial score (nSPS) is 18.7. The van der Waals surface area contributed by atoms with E-state index < -0.39 is 0 Å². The zero-order valence-electron chi connectivity index (χ0n) is 16.6. The highest BCUT2D eigenvalue weighted by Gasteiger charge is 2.27. The fourth-order valence-corrected chi connectivity index (χ4v) is 3.56. The molecular weight excluding hydrogens is 384 g/mol. The molecule has 1 aliphatic heterocycles. The van der Waals surface area contributed by atoms with E-state index in [0.717, 1.165) is 16.9 Å². The Morgan fingerprint density at radius 1 is 1.23 bits per heavy atom. The van der Waals surface area contributed by atoms with Gasteiger partial charge in [0.15, 0.2) is 11.5 Å². The summed E-state index contributed by atoms with van der Waals surface area (Å²) >= 11 is 0. The maximum Gasteiger partial charge on any atom is 0.251 e. The number of aromatic hydroxyl groups is 1. The highest BCUT2D eigenvalue weighted by atomic mass is 16.5. The van der Waals surface area contributed by atoms with Gasteiger partial charge >= 0.3 is 0 Å². The number of carbonyl (C=O) groups excluding carboxylic acids is 1. The zero-order valence-corrected chi connectivity index (χ0v) is 16.6. The Labute approximate surface area is 174 Å². The van der Waals surface area contributed by atoms with Crippen molar-refractivity contribution in [2.24, 2.45) is 0 Å². The van der Waals surface area contributed by atoms with Crippen molar-refractivity contribution in [1.29, 1.82) is 0 Å². The summed E-state index contributed by atoms with van der Waals surface area (Å²) in [4.78, 5) is 12.9. The van der Waals surface area contributed by atoms with Gasteiger partial charge in [-0.1, -0.05) is 24.3 Å². The molecule has 0 spiro atoms. The van der Waals surface area contributed by atoms with Crippen molar-refractivity contribution in [2.45, 2.75) is 18.7 Å². The first-order valence-corrected chi connectivity index (χ1v) is 9.77. The molecule has 1 amide bonds. The van der Waals surface area contributed by atoms with Crippen LogP contribution in [0.2, 0.25) is 0 Å². The average molecular weight is 408 g/mol. The molecule has 0 aliphatic carbocycles. The summed E-state index contributed by atoms with van der Waals surface area (Å²) < 4.78 is 16.5. The van der Waals surface area contributed by atoms with E-state index >= 15 is 0 Å². The first kappa shape index (κ1) is 20.0. The van der Waals surface area contributed by atoms with Crippen LogP contribution < -0.4 is 15.4 Å². The van der Waals surface area contributed by atoms with E-state index in [-0.39, 0.29) is 30.3 Å². The molecule has 0 radical (unpaired) electrons. The van der Waals surface area contributed by atoms with Crippen molar-refractivity contribution >= 4 is 5.91 Å². The van der Waals surface area contributed by atoms with Crippen LogP contribution in [0.25, 0.3) is 0 Å². The van der Waals surface area contributed by atoms with E-state index in [9.17, 15) is 9.90 Å². The second-order valence-corrected chi connectivity index (χ2v) is 7.07. The number of carbonyl (C=O) groups is 1. The average Bonchev–Trinajstić information content (AvgIpc) is 3.33. The molecule has 2 unspecified atom stereocenters. The van der Waals surface area contributed by atoms with Crippen LogP contribution >= 0.6 is 0 Å². The summed E-state index contributed by atoms with van der Waals surface area (Å²) in [6, 6.07) is 16.2. The van der Waals surface area contributed by atoms with Crippen LogP contribution in [0.1, 0.15) is 39.4 Å². The van der Waals surface area contributed by atoms with Crippen molar-refractivity contribution in [3.05, 3.63) is 83.3 Å². The van der Waals surface area contributed by atoms with Crippen LogP contribution in [0.3, 0.4) is 0 Å². The van der Waals surface area contributed by atoms with Crippen molar-refractivity contribution in [3.8, 4) is 11.5 Å². The highest BCUT2D eigenvalue weighted by molar-refractivity contribution is 5.95. The van der Waals surface area contributed by atoms with Crippen LogP contribution in [0, 0.1) is 0 Å². The molecule has 1 saturated heterocycles. The number of phenolic OH excluding ortho intramolecular Hbond substituents is 1. The molecule has 1 aromatic heterocycles. The Kier molecular flexibility index (Phi) is 6.02. The standard InChI is InChI=1S/C23H24N2O5/c1-28-21-9-8-15(11-19(21)26)12-25-23(27)17-6-3-2-5-16(17)22-13-24-18(14-30-22)20-7-4-10-29-20/h2-11,18,22,24,26H,12-14H2,1H3,(H,25,27). The number of methoxy groups -OCH3 is 1. The van der Waals surface area contributed by atoms with E-state index in [1.807, 2.05) is 30.3 Å². The number of nitrogens with one attached hydrogen (secondary N) is 2. The van der Waals surface area contributed by atoms with Gasteiger partial charge in [0.05, 0.1) is 32.1 Å². The van der Waals surface area contributed by atoms with Gasteiger partial charge < -0.3 is 29.6 Å². The van der Waals surface area contributed by atoms with Gasteiger partial charge in [-0.05, 0) is 41.5 Å². The maximum atomic E-state index is 12.9. The molecular formula is C23H24N2O5.